The Morgan fingerprint density at radius 1 is 1.10 bits per heavy atom. The van der Waals surface area contributed by atoms with Crippen LogP contribution in [0.25, 0.3) is 0 Å². The summed E-state index contributed by atoms with van der Waals surface area (Å²) in [4.78, 5) is 21.0. The average Bonchev–Trinajstić information content (AvgIpc) is 3.02. The highest BCUT2D eigenvalue weighted by molar-refractivity contribution is 5.89. The lowest BCUT2D eigenvalue weighted by atomic mass is 9.98. The van der Waals surface area contributed by atoms with Crippen LogP contribution < -0.4 is 4.74 Å². The zero-order chi connectivity index (χ0) is 21.6. The van der Waals surface area contributed by atoms with Crippen LogP contribution in [-0.4, -0.2) is 54.1 Å². The van der Waals surface area contributed by atoms with Crippen molar-refractivity contribution in [3.63, 3.8) is 0 Å². The van der Waals surface area contributed by atoms with Gasteiger partial charge in [0.1, 0.15) is 23.6 Å². The summed E-state index contributed by atoms with van der Waals surface area (Å²) >= 11 is 0. The van der Waals surface area contributed by atoms with Crippen molar-refractivity contribution < 1.29 is 9.53 Å². The maximum atomic E-state index is 11.0. The van der Waals surface area contributed by atoms with E-state index < -0.39 is 0 Å². The Labute approximate surface area is 185 Å². The van der Waals surface area contributed by atoms with E-state index in [1.807, 2.05) is 48.5 Å². The van der Waals surface area contributed by atoms with E-state index in [-0.39, 0.29) is 12.1 Å². The maximum Gasteiger partial charge on any atom is 0.127 e. The van der Waals surface area contributed by atoms with Gasteiger partial charge in [-0.1, -0.05) is 36.4 Å². The van der Waals surface area contributed by atoms with Crippen LogP contribution in [0, 0.1) is 5.92 Å². The van der Waals surface area contributed by atoms with E-state index in [1.165, 1.54) is 5.56 Å². The third kappa shape index (κ3) is 4.88. The number of aliphatic imine (C=N–C) groups is 1. The van der Waals surface area contributed by atoms with Crippen molar-refractivity contribution in [1.29, 1.82) is 0 Å². The van der Waals surface area contributed by atoms with Gasteiger partial charge >= 0.3 is 0 Å². The summed E-state index contributed by atoms with van der Waals surface area (Å²) in [7, 11) is 0. The molecule has 0 bridgehead atoms. The number of fused-ring (bicyclic) bond motifs is 1. The van der Waals surface area contributed by atoms with E-state index >= 15 is 0 Å². The molecule has 0 N–H and O–H groups in total. The van der Waals surface area contributed by atoms with Crippen molar-refractivity contribution in [3.05, 3.63) is 72.8 Å². The van der Waals surface area contributed by atoms with Crippen LogP contribution in [0.4, 0.5) is 0 Å². The predicted octanol–water partition coefficient (Wildman–Crippen LogP) is 4.72. The van der Waals surface area contributed by atoms with Crippen LogP contribution in [0.2, 0.25) is 0 Å². The Morgan fingerprint density at radius 2 is 1.84 bits per heavy atom. The lowest BCUT2D eigenvalue weighted by Gasteiger charge is -2.45. The third-order valence-electron chi connectivity index (χ3n) is 6.32. The number of amidine groups is 1. The van der Waals surface area contributed by atoms with Crippen molar-refractivity contribution in [2.45, 2.75) is 31.8 Å². The zero-order valence-electron chi connectivity index (χ0n) is 18.2. The zero-order valence-corrected chi connectivity index (χ0v) is 18.2. The van der Waals surface area contributed by atoms with Crippen molar-refractivity contribution in [2.24, 2.45) is 10.9 Å². The second-order valence-electron chi connectivity index (χ2n) is 8.34. The lowest BCUT2D eigenvalue weighted by Crippen LogP contribution is -2.54. The molecule has 3 unspecified atom stereocenters. The molecular formula is C26H31N3O2. The second-order valence-corrected chi connectivity index (χ2v) is 8.34. The Bertz CT molecular complexity index is 910. The molecule has 3 atom stereocenters. The second kappa shape index (κ2) is 9.92. The fourth-order valence-electron chi connectivity index (χ4n) is 4.45. The molecule has 2 heterocycles. The van der Waals surface area contributed by atoms with Gasteiger partial charge in [-0.25, -0.2) is 0 Å². The van der Waals surface area contributed by atoms with Crippen LogP contribution in [0.3, 0.4) is 0 Å². The van der Waals surface area contributed by atoms with Crippen LogP contribution in [-0.2, 0) is 4.79 Å². The molecule has 0 saturated carbocycles. The number of carbonyl (C=O) groups is 1. The number of para-hydroxylation sites is 1. The smallest absolute Gasteiger partial charge is 0.127 e. The monoisotopic (exact) mass is 417 g/mol. The van der Waals surface area contributed by atoms with Crippen molar-refractivity contribution >= 4 is 12.1 Å². The highest BCUT2D eigenvalue weighted by Crippen LogP contribution is 2.33. The molecule has 5 heteroatoms. The number of aldehydes is 1. The van der Waals surface area contributed by atoms with Crippen LogP contribution in [0.1, 0.15) is 31.4 Å². The minimum Gasteiger partial charge on any atom is -0.457 e. The summed E-state index contributed by atoms with van der Waals surface area (Å²) in [5, 5.41) is 0. The minimum absolute atomic E-state index is 0.0718. The molecule has 31 heavy (non-hydrogen) atoms. The third-order valence-corrected chi connectivity index (χ3v) is 6.32. The molecular weight excluding hydrogens is 386 g/mol. The molecule has 162 valence electrons. The molecule has 0 radical (unpaired) electrons. The molecule has 2 aromatic rings. The van der Waals surface area contributed by atoms with Crippen molar-refractivity contribution in [1.82, 2.24) is 9.80 Å². The normalized spacial score (nSPS) is 22.6. The van der Waals surface area contributed by atoms with Gasteiger partial charge in [0.05, 0.1) is 6.04 Å². The molecule has 0 aromatic heterocycles. The molecule has 0 aliphatic carbocycles. The molecule has 2 aliphatic heterocycles. The molecule has 0 amide bonds. The van der Waals surface area contributed by atoms with Gasteiger partial charge in [-0.2, -0.15) is 0 Å². The van der Waals surface area contributed by atoms with E-state index in [9.17, 15) is 4.79 Å². The van der Waals surface area contributed by atoms with E-state index in [1.54, 1.807) is 0 Å². The van der Waals surface area contributed by atoms with Crippen LogP contribution in [0.15, 0.2) is 72.2 Å². The highest BCUT2D eigenvalue weighted by atomic mass is 16.5. The largest absolute Gasteiger partial charge is 0.457 e. The van der Waals surface area contributed by atoms with E-state index in [2.05, 4.69) is 35.4 Å². The summed E-state index contributed by atoms with van der Waals surface area (Å²) < 4.78 is 5.98. The van der Waals surface area contributed by atoms with Gasteiger partial charge in [-0.3, -0.25) is 9.89 Å². The topological polar surface area (TPSA) is 45.1 Å². The van der Waals surface area contributed by atoms with Crippen molar-refractivity contribution in [2.75, 3.05) is 26.2 Å². The van der Waals surface area contributed by atoms with Gasteiger partial charge < -0.3 is 14.4 Å². The van der Waals surface area contributed by atoms with Gasteiger partial charge in [0.15, 0.2) is 0 Å². The Balaban J connectivity index is 1.62. The molecule has 0 spiro atoms. The van der Waals surface area contributed by atoms with Gasteiger partial charge in [-0.05, 0) is 49.1 Å². The van der Waals surface area contributed by atoms with E-state index in [0.29, 0.717) is 18.9 Å². The number of ether oxygens (including phenoxy) is 1. The first-order valence-corrected chi connectivity index (χ1v) is 11.1. The summed E-state index contributed by atoms with van der Waals surface area (Å²) in [5.74, 6) is 3.10. The molecule has 2 aliphatic rings. The fourth-order valence-corrected chi connectivity index (χ4v) is 4.45. The number of nitrogens with zero attached hydrogens (tertiary/aromatic N) is 3. The molecule has 1 saturated heterocycles. The minimum atomic E-state index is 0.0718. The maximum absolute atomic E-state index is 11.0. The summed E-state index contributed by atoms with van der Waals surface area (Å²) in [6.45, 7) is 9.80. The molecule has 1 fully saturated rings. The Morgan fingerprint density at radius 3 is 2.55 bits per heavy atom. The number of hydrogen-bond donors (Lipinski definition) is 0. The SMILES string of the molecule is C=CC(C)N1CCN2CCC(CC=O)CN=C2C1c1ccc(Oc2ccccc2)cc1. The van der Waals surface area contributed by atoms with Gasteiger partial charge in [0.2, 0.25) is 0 Å². The summed E-state index contributed by atoms with van der Waals surface area (Å²) in [5.41, 5.74) is 1.20. The Kier molecular flexibility index (Phi) is 6.82. The summed E-state index contributed by atoms with van der Waals surface area (Å²) in [6, 6.07) is 18.5. The van der Waals surface area contributed by atoms with Gasteiger partial charge in [0.25, 0.3) is 0 Å². The van der Waals surface area contributed by atoms with Crippen LogP contribution >= 0.6 is 0 Å². The number of piperazine rings is 1. The molecule has 4 rings (SSSR count). The average molecular weight is 418 g/mol. The first kappa shape index (κ1) is 21.3. The summed E-state index contributed by atoms with van der Waals surface area (Å²) in [6.07, 6.45) is 4.64. The molecule has 2 aromatic carbocycles. The quantitative estimate of drug-likeness (QED) is 0.483. The Hall–Kier alpha value is -2.92. The standard InChI is InChI=1S/C26H31N3O2/c1-3-20(2)29-17-16-28-15-13-21(14-18-30)19-27-26(28)25(29)22-9-11-24(12-10-22)31-23-7-5-4-6-8-23/h3-12,18,20-21,25H,1,13-17,19H2,2H3. The number of hydrogen-bond acceptors (Lipinski definition) is 5. The number of carbonyl (C=O) groups excluding carboxylic acids is 1. The highest BCUT2D eigenvalue weighted by Gasteiger charge is 2.36. The van der Waals surface area contributed by atoms with Gasteiger partial charge in [0, 0.05) is 38.6 Å². The lowest BCUT2D eigenvalue weighted by molar-refractivity contribution is -0.108. The van der Waals surface area contributed by atoms with E-state index in [0.717, 1.165) is 49.7 Å². The van der Waals surface area contributed by atoms with Gasteiger partial charge in [-0.15, -0.1) is 6.58 Å². The number of rotatable bonds is 7. The number of benzene rings is 2. The van der Waals surface area contributed by atoms with Crippen LogP contribution in [0.5, 0.6) is 11.5 Å². The first-order chi connectivity index (χ1) is 15.2. The van der Waals surface area contributed by atoms with E-state index in [4.69, 9.17) is 9.73 Å². The fraction of sp³-hybridized carbons (Fsp3) is 0.385. The predicted molar refractivity (Wildman–Crippen MR) is 125 cm³/mol. The molecule has 5 nitrogen and oxygen atoms in total. The first-order valence-electron chi connectivity index (χ1n) is 11.1. The van der Waals surface area contributed by atoms with Crippen molar-refractivity contribution in [3.8, 4) is 11.5 Å².